The zero-order valence-corrected chi connectivity index (χ0v) is 12.7. The van der Waals surface area contributed by atoms with Gasteiger partial charge in [0.1, 0.15) is 5.69 Å². The summed E-state index contributed by atoms with van der Waals surface area (Å²) >= 11 is 6.05. The molecule has 5 heteroatoms. The molecule has 1 aliphatic carbocycles. The minimum Gasteiger partial charge on any atom is -0.350 e. The second kappa shape index (κ2) is 5.41. The van der Waals surface area contributed by atoms with Gasteiger partial charge in [-0.1, -0.05) is 18.5 Å². The second-order valence-corrected chi connectivity index (χ2v) is 6.89. The highest BCUT2D eigenvalue weighted by Gasteiger charge is 2.30. The third kappa shape index (κ3) is 3.01. The molecule has 1 aliphatic heterocycles. The lowest BCUT2D eigenvalue weighted by Crippen LogP contribution is -2.45. The molecule has 2 aliphatic rings. The van der Waals surface area contributed by atoms with E-state index in [-0.39, 0.29) is 11.3 Å². The van der Waals surface area contributed by atoms with E-state index in [0.29, 0.717) is 23.3 Å². The van der Waals surface area contributed by atoms with Crippen LogP contribution in [0.1, 0.15) is 49.1 Å². The SMILES string of the molecule is CC1(CNC(=O)c2cc(Cl)cn2C2CC2)CCCNC1. The van der Waals surface area contributed by atoms with Gasteiger partial charge in [0.15, 0.2) is 0 Å². The highest BCUT2D eigenvalue weighted by atomic mass is 35.5. The molecule has 2 N–H and O–H groups in total. The van der Waals surface area contributed by atoms with Crippen LogP contribution in [0.25, 0.3) is 0 Å². The number of piperidine rings is 1. The summed E-state index contributed by atoms with van der Waals surface area (Å²) in [4.78, 5) is 12.4. The molecule has 0 bridgehead atoms. The van der Waals surface area contributed by atoms with Gasteiger partial charge in [-0.05, 0) is 43.7 Å². The van der Waals surface area contributed by atoms with Crippen LogP contribution in [0.5, 0.6) is 0 Å². The standard InChI is InChI=1S/C15H22ClN3O/c1-15(5-2-6-17-9-15)10-18-14(20)13-7-11(16)8-19(13)12-3-4-12/h7-8,12,17H,2-6,9-10H2,1H3,(H,18,20). The quantitative estimate of drug-likeness (QED) is 0.897. The highest BCUT2D eigenvalue weighted by Crippen LogP contribution is 2.37. The summed E-state index contributed by atoms with van der Waals surface area (Å²) in [6, 6.07) is 2.24. The van der Waals surface area contributed by atoms with Gasteiger partial charge < -0.3 is 15.2 Å². The van der Waals surface area contributed by atoms with Crippen molar-refractivity contribution in [1.29, 1.82) is 0 Å². The maximum atomic E-state index is 12.4. The van der Waals surface area contributed by atoms with Gasteiger partial charge in [0.05, 0.1) is 5.02 Å². The van der Waals surface area contributed by atoms with E-state index < -0.39 is 0 Å². The molecule has 2 fully saturated rings. The van der Waals surface area contributed by atoms with E-state index >= 15 is 0 Å². The number of nitrogens with one attached hydrogen (secondary N) is 2. The monoisotopic (exact) mass is 295 g/mol. The van der Waals surface area contributed by atoms with E-state index in [0.717, 1.165) is 32.4 Å². The van der Waals surface area contributed by atoms with Crippen molar-refractivity contribution in [3.8, 4) is 0 Å². The third-order valence-electron chi connectivity index (χ3n) is 4.35. The number of amides is 1. The van der Waals surface area contributed by atoms with Crippen LogP contribution in [0.15, 0.2) is 12.3 Å². The molecule has 110 valence electrons. The minimum absolute atomic E-state index is 0.00408. The average molecular weight is 296 g/mol. The molecule has 0 radical (unpaired) electrons. The molecule has 1 aromatic heterocycles. The smallest absolute Gasteiger partial charge is 0.267 e. The lowest BCUT2D eigenvalue weighted by molar-refractivity contribution is 0.0915. The van der Waals surface area contributed by atoms with E-state index in [1.54, 1.807) is 6.07 Å². The average Bonchev–Trinajstić information content (AvgIpc) is 3.20. The van der Waals surface area contributed by atoms with Crippen molar-refractivity contribution in [2.75, 3.05) is 19.6 Å². The predicted octanol–water partition coefficient (Wildman–Crippen LogP) is 2.60. The number of rotatable bonds is 4. The number of carbonyl (C=O) groups excluding carboxylic acids is 1. The maximum absolute atomic E-state index is 12.4. The zero-order valence-electron chi connectivity index (χ0n) is 11.9. The first-order chi connectivity index (χ1) is 9.57. The van der Waals surface area contributed by atoms with Gasteiger partial charge in [0.25, 0.3) is 5.91 Å². The molecular formula is C15H22ClN3O. The molecule has 0 aromatic carbocycles. The summed E-state index contributed by atoms with van der Waals surface area (Å²) in [6.45, 7) is 5.00. The molecule has 4 nitrogen and oxygen atoms in total. The number of hydrogen-bond donors (Lipinski definition) is 2. The zero-order chi connectivity index (χ0) is 14.2. The van der Waals surface area contributed by atoms with E-state index in [1.165, 1.54) is 6.42 Å². The Morgan fingerprint density at radius 3 is 3.05 bits per heavy atom. The molecule has 1 saturated carbocycles. The highest BCUT2D eigenvalue weighted by molar-refractivity contribution is 6.31. The summed E-state index contributed by atoms with van der Waals surface area (Å²) < 4.78 is 2.03. The fourth-order valence-electron chi connectivity index (χ4n) is 2.94. The Morgan fingerprint density at radius 1 is 1.60 bits per heavy atom. The molecule has 1 unspecified atom stereocenters. The van der Waals surface area contributed by atoms with Crippen molar-refractivity contribution >= 4 is 17.5 Å². The van der Waals surface area contributed by atoms with Crippen LogP contribution >= 0.6 is 11.6 Å². The maximum Gasteiger partial charge on any atom is 0.267 e. The molecule has 1 atom stereocenters. The van der Waals surface area contributed by atoms with Gasteiger partial charge in [-0.3, -0.25) is 4.79 Å². The van der Waals surface area contributed by atoms with Gasteiger partial charge in [-0.25, -0.2) is 0 Å². The Balaban J connectivity index is 1.64. The van der Waals surface area contributed by atoms with Gasteiger partial charge in [-0.15, -0.1) is 0 Å². The molecule has 20 heavy (non-hydrogen) atoms. The van der Waals surface area contributed by atoms with E-state index in [9.17, 15) is 4.79 Å². The van der Waals surface area contributed by atoms with Crippen molar-refractivity contribution in [3.05, 3.63) is 23.0 Å². The van der Waals surface area contributed by atoms with E-state index in [4.69, 9.17) is 11.6 Å². The van der Waals surface area contributed by atoms with Gasteiger partial charge in [0.2, 0.25) is 0 Å². The molecule has 3 rings (SSSR count). The summed E-state index contributed by atoms with van der Waals surface area (Å²) in [5.41, 5.74) is 0.860. The third-order valence-corrected chi connectivity index (χ3v) is 4.56. The Hall–Kier alpha value is -1.00. The lowest BCUT2D eigenvalue weighted by Gasteiger charge is -2.34. The molecule has 2 heterocycles. The van der Waals surface area contributed by atoms with Crippen LogP contribution in [0, 0.1) is 5.41 Å². The molecular weight excluding hydrogens is 274 g/mol. The number of halogens is 1. The van der Waals surface area contributed by atoms with E-state index in [2.05, 4.69) is 17.6 Å². The van der Waals surface area contributed by atoms with E-state index in [1.807, 2.05) is 10.8 Å². The van der Waals surface area contributed by atoms with Crippen LogP contribution in [0.3, 0.4) is 0 Å². The summed E-state index contributed by atoms with van der Waals surface area (Å²) in [5.74, 6) is -0.00408. The topological polar surface area (TPSA) is 46.1 Å². The second-order valence-electron chi connectivity index (χ2n) is 6.46. The van der Waals surface area contributed by atoms with Crippen molar-refractivity contribution in [3.63, 3.8) is 0 Å². The lowest BCUT2D eigenvalue weighted by atomic mass is 9.83. The number of nitrogens with zero attached hydrogens (tertiary/aromatic N) is 1. The fourth-order valence-corrected chi connectivity index (χ4v) is 3.14. The predicted molar refractivity (Wildman–Crippen MR) is 80.3 cm³/mol. The van der Waals surface area contributed by atoms with Gasteiger partial charge >= 0.3 is 0 Å². The van der Waals surface area contributed by atoms with Crippen LogP contribution in [-0.4, -0.2) is 30.1 Å². The van der Waals surface area contributed by atoms with Crippen LogP contribution in [-0.2, 0) is 0 Å². The van der Waals surface area contributed by atoms with Crippen molar-refractivity contribution in [2.45, 2.75) is 38.6 Å². The number of aromatic nitrogens is 1. The normalized spacial score (nSPS) is 26.5. The van der Waals surface area contributed by atoms with Crippen molar-refractivity contribution in [1.82, 2.24) is 15.2 Å². The Bertz CT molecular complexity index is 501. The Labute approximate surface area is 124 Å². The summed E-state index contributed by atoms with van der Waals surface area (Å²) in [6.07, 6.45) is 6.50. The Kier molecular flexibility index (Phi) is 3.78. The summed E-state index contributed by atoms with van der Waals surface area (Å²) in [7, 11) is 0. The van der Waals surface area contributed by atoms with Gasteiger partial charge in [0, 0.05) is 25.3 Å². The molecule has 0 spiro atoms. The Morgan fingerprint density at radius 2 is 2.40 bits per heavy atom. The van der Waals surface area contributed by atoms with Crippen molar-refractivity contribution < 1.29 is 4.79 Å². The first kappa shape index (κ1) is 14.0. The largest absolute Gasteiger partial charge is 0.350 e. The fraction of sp³-hybridized carbons (Fsp3) is 0.667. The van der Waals surface area contributed by atoms with Crippen LogP contribution < -0.4 is 10.6 Å². The first-order valence-electron chi connectivity index (χ1n) is 7.44. The molecule has 1 saturated heterocycles. The van der Waals surface area contributed by atoms with Crippen molar-refractivity contribution in [2.24, 2.45) is 5.41 Å². The molecule has 1 amide bonds. The van der Waals surface area contributed by atoms with Crippen LogP contribution in [0.2, 0.25) is 5.02 Å². The first-order valence-corrected chi connectivity index (χ1v) is 7.81. The molecule has 1 aromatic rings. The number of hydrogen-bond acceptors (Lipinski definition) is 2. The number of carbonyl (C=O) groups is 1. The van der Waals surface area contributed by atoms with Crippen LogP contribution in [0.4, 0.5) is 0 Å². The summed E-state index contributed by atoms with van der Waals surface area (Å²) in [5, 5.41) is 7.14. The minimum atomic E-state index is -0.00408. The van der Waals surface area contributed by atoms with Gasteiger partial charge in [-0.2, -0.15) is 0 Å².